The highest BCUT2D eigenvalue weighted by Crippen LogP contribution is 2.35. The minimum absolute atomic E-state index is 0.0666. The van der Waals surface area contributed by atoms with Crippen molar-refractivity contribution in [2.24, 2.45) is 5.41 Å². The summed E-state index contributed by atoms with van der Waals surface area (Å²) in [7, 11) is 1.67. The van der Waals surface area contributed by atoms with Crippen LogP contribution < -0.4 is 0 Å². The van der Waals surface area contributed by atoms with Crippen molar-refractivity contribution in [2.45, 2.75) is 33.2 Å². The van der Waals surface area contributed by atoms with Crippen molar-refractivity contribution in [1.82, 2.24) is 4.57 Å². The Balaban J connectivity index is 1.98. The van der Waals surface area contributed by atoms with Gasteiger partial charge in [0.1, 0.15) is 0 Å². The molecule has 0 amide bonds. The van der Waals surface area contributed by atoms with Gasteiger partial charge in [0.05, 0.1) is 19.8 Å². The molecule has 1 aliphatic carbocycles. The molecular weight excluding hydrogens is 242 g/mol. The molecule has 0 N–H and O–H groups in total. The Labute approximate surface area is 114 Å². The van der Waals surface area contributed by atoms with Crippen LogP contribution >= 0.6 is 0 Å². The molecule has 0 aromatic carbocycles. The van der Waals surface area contributed by atoms with Gasteiger partial charge in [0.2, 0.25) is 0 Å². The van der Waals surface area contributed by atoms with Crippen molar-refractivity contribution in [3.05, 3.63) is 23.5 Å². The highest BCUT2D eigenvalue weighted by Gasteiger charge is 2.32. The number of fused-ring (bicyclic) bond motifs is 1. The molecule has 4 heteroatoms. The average molecular weight is 265 g/mol. The second-order valence-corrected chi connectivity index (χ2v) is 5.92. The quantitative estimate of drug-likeness (QED) is 0.741. The normalized spacial score (nSPS) is 17.5. The summed E-state index contributed by atoms with van der Waals surface area (Å²) in [6.07, 6.45) is 3.61. The topological polar surface area (TPSA) is 40.5 Å². The summed E-state index contributed by atoms with van der Waals surface area (Å²) in [5.74, 6) is 0.269. The van der Waals surface area contributed by atoms with Crippen LogP contribution in [-0.2, 0) is 22.4 Å². The monoisotopic (exact) mass is 265 g/mol. The number of carbonyl (C=O) groups excluding carboxylic acids is 1. The number of methoxy groups -OCH3 is 1. The molecule has 0 bridgehead atoms. The molecule has 0 radical (unpaired) electrons. The number of nitrogens with zero attached hydrogens (tertiary/aromatic N) is 1. The molecule has 0 unspecified atom stereocenters. The van der Waals surface area contributed by atoms with Gasteiger partial charge in [-0.05, 0) is 17.9 Å². The number of Topliss-reactive ketones (excluding diaryl/α,β-unsaturated/α-hetero) is 1. The molecule has 2 rings (SSSR count). The summed E-state index contributed by atoms with van der Waals surface area (Å²) in [4.78, 5) is 12.1. The third-order valence-corrected chi connectivity index (χ3v) is 3.57. The number of hydrogen-bond donors (Lipinski definition) is 0. The Morgan fingerprint density at radius 1 is 1.26 bits per heavy atom. The average Bonchev–Trinajstić information content (AvgIpc) is 2.71. The van der Waals surface area contributed by atoms with Gasteiger partial charge in [-0.2, -0.15) is 0 Å². The van der Waals surface area contributed by atoms with Crippen LogP contribution in [0.15, 0.2) is 12.3 Å². The van der Waals surface area contributed by atoms with E-state index in [1.807, 2.05) is 12.3 Å². The Kier molecular flexibility index (Phi) is 4.42. The maximum atomic E-state index is 12.1. The van der Waals surface area contributed by atoms with Crippen LogP contribution in [0.1, 0.15) is 36.3 Å². The van der Waals surface area contributed by atoms with Gasteiger partial charge in [-0.25, -0.2) is 0 Å². The van der Waals surface area contributed by atoms with E-state index in [0.29, 0.717) is 26.2 Å². The van der Waals surface area contributed by atoms with Gasteiger partial charge in [-0.3, -0.25) is 4.79 Å². The highest BCUT2D eigenvalue weighted by atomic mass is 16.5. The van der Waals surface area contributed by atoms with Crippen molar-refractivity contribution in [3.63, 3.8) is 0 Å². The van der Waals surface area contributed by atoms with Crippen LogP contribution in [0.5, 0.6) is 0 Å². The van der Waals surface area contributed by atoms with Gasteiger partial charge in [-0.15, -0.1) is 0 Å². The smallest absolute Gasteiger partial charge is 0.165 e. The molecule has 0 spiro atoms. The minimum atomic E-state index is 0.0666. The maximum absolute atomic E-state index is 12.1. The van der Waals surface area contributed by atoms with Gasteiger partial charge < -0.3 is 14.0 Å². The lowest BCUT2D eigenvalue weighted by Gasteiger charge is -2.29. The highest BCUT2D eigenvalue weighted by molar-refractivity contribution is 5.98. The van der Waals surface area contributed by atoms with Crippen LogP contribution in [0.2, 0.25) is 0 Å². The lowest BCUT2D eigenvalue weighted by atomic mass is 9.76. The molecule has 1 heterocycles. The van der Waals surface area contributed by atoms with E-state index in [-0.39, 0.29) is 11.2 Å². The van der Waals surface area contributed by atoms with E-state index in [4.69, 9.17) is 9.47 Å². The minimum Gasteiger partial charge on any atom is -0.382 e. The van der Waals surface area contributed by atoms with Crippen LogP contribution in [0.4, 0.5) is 0 Å². The predicted molar refractivity (Wildman–Crippen MR) is 73.6 cm³/mol. The first kappa shape index (κ1) is 14.3. The maximum Gasteiger partial charge on any atom is 0.165 e. The first-order valence-electron chi connectivity index (χ1n) is 6.81. The first-order valence-corrected chi connectivity index (χ1v) is 6.81. The van der Waals surface area contributed by atoms with Gasteiger partial charge in [0.15, 0.2) is 5.78 Å². The summed E-state index contributed by atoms with van der Waals surface area (Å²) >= 11 is 0. The molecule has 1 aromatic heterocycles. The number of carbonyl (C=O) groups is 1. The van der Waals surface area contributed by atoms with Crippen molar-refractivity contribution >= 4 is 5.78 Å². The Morgan fingerprint density at radius 3 is 2.79 bits per heavy atom. The zero-order valence-electron chi connectivity index (χ0n) is 12.1. The fourth-order valence-electron chi connectivity index (χ4n) is 2.62. The zero-order chi connectivity index (χ0) is 13.9. The summed E-state index contributed by atoms with van der Waals surface area (Å²) in [6, 6.07) is 1.95. The number of aromatic nitrogens is 1. The Morgan fingerprint density at radius 2 is 2.05 bits per heavy atom. The molecule has 0 saturated carbocycles. The number of ketones is 1. The van der Waals surface area contributed by atoms with E-state index >= 15 is 0 Å². The fraction of sp³-hybridized carbons (Fsp3) is 0.667. The Hall–Kier alpha value is -1.13. The molecule has 19 heavy (non-hydrogen) atoms. The largest absolute Gasteiger partial charge is 0.382 e. The lowest BCUT2D eigenvalue weighted by Crippen LogP contribution is -2.28. The third-order valence-electron chi connectivity index (χ3n) is 3.57. The fourth-order valence-corrected chi connectivity index (χ4v) is 2.62. The molecule has 1 aliphatic rings. The molecule has 4 nitrogen and oxygen atoms in total. The lowest BCUT2D eigenvalue weighted by molar-refractivity contribution is 0.0660. The molecule has 1 aromatic rings. The van der Waals surface area contributed by atoms with Gasteiger partial charge >= 0.3 is 0 Å². The third kappa shape index (κ3) is 3.45. The van der Waals surface area contributed by atoms with Crippen LogP contribution in [-0.4, -0.2) is 37.3 Å². The second-order valence-electron chi connectivity index (χ2n) is 5.92. The van der Waals surface area contributed by atoms with Crippen molar-refractivity contribution in [2.75, 3.05) is 26.9 Å². The number of ether oxygens (including phenoxy) is 2. The van der Waals surface area contributed by atoms with Crippen molar-refractivity contribution < 1.29 is 14.3 Å². The van der Waals surface area contributed by atoms with E-state index in [0.717, 1.165) is 24.2 Å². The summed E-state index contributed by atoms with van der Waals surface area (Å²) < 4.78 is 12.6. The molecule has 0 aliphatic heterocycles. The summed E-state index contributed by atoms with van der Waals surface area (Å²) in [6.45, 7) is 6.99. The Bertz CT molecular complexity index is 448. The van der Waals surface area contributed by atoms with E-state index in [1.165, 1.54) is 0 Å². The number of rotatable bonds is 6. The summed E-state index contributed by atoms with van der Waals surface area (Å²) in [5.41, 5.74) is 2.13. The number of hydrogen-bond acceptors (Lipinski definition) is 3. The van der Waals surface area contributed by atoms with Gasteiger partial charge in [0, 0.05) is 37.5 Å². The molecule has 0 atom stereocenters. The van der Waals surface area contributed by atoms with Gasteiger partial charge in [0.25, 0.3) is 0 Å². The second kappa shape index (κ2) is 5.88. The van der Waals surface area contributed by atoms with E-state index < -0.39 is 0 Å². The summed E-state index contributed by atoms with van der Waals surface area (Å²) in [5, 5.41) is 0. The van der Waals surface area contributed by atoms with E-state index in [9.17, 15) is 4.79 Å². The standard InChI is InChI=1S/C15H23NO3/c1-15(2)10-13-12(14(17)11-15)4-5-16(13)6-7-19-9-8-18-3/h4-5H,6-11H2,1-3H3. The van der Waals surface area contributed by atoms with Crippen LogP contribution in [0.3, 0.4) is 0 Å². The zero-order valence-corrected chi connectivity index (χ0v) is 12.1. The van der Waals surface area contributed by atoms with Crippen LogP contribution in [0, 0.1) is 5.41 Å². The molecule has 0 fully saturated rings. The van der Waals surface area contributed by atoms with E-state index in [2.05, 4.69) is 18.4 Å². The molecule has 0 saturated heterocycles. The van der Waals surface area contributed by atoms with Crippen molar-refractivity contribution in [1.29, 1.82) is 0 Å². The first-order chi connectivity index (χ1) is 9.03. The predicted octanol–water partition coefficient (Wildman–Crippen LogP) is 2.31. The van der Waals surface area contributed by atoms with Crippen LogP contribution in [0.25, 0.3) is 0 Å². The molecule has 106 valence electrons. The SMILES string of the molecule is COCCOCCn1ccc2c1CC(C)(C)CC2=O. The van der Waals surface area contributed by atoms with Crippen molar-refractivity contribution in [3.8, 4) is 0 Å². The van der Waals surface area contributed by atoms with E-state index in [1.54, 1.807) is 7.11 Å². The molecular formula is C15H23NO3. The van der Waals surface area contributed by atoms with Gasteiger partial charge in [-0.1, -0.05) is 13.8 Å².